The molecule has 5 rings (SSSR count). The lowest BCUT2D eigenvalue weighted by atomic mass is 10.0. The number of rotatable bonds is 5. The monoisotopic (exact) mass is 431 g/mol. The van der Waals surface area contributed by atoms with E-state index in [0.717, 1.165) is 30.2 Å². The predicted octanol–water partition coefficient (Wildman–Crippen LogP) is 5.30. The van der Waals surface area contributed by atoms with Gasteiger partial charge >= 0.3 is 0 Å². The van der Waals surface area contributed by atoms with Crippen molar-refractivity contribution in [1.82, 2.24) is 19.7 Å². The zero-order valence-corrected chi connectivity index (χ0v) is 17.5. The zero-order chi connectivity index (χ0) is 22.1. The molecule has 162 valence electrons. The molecule has 2 heterocycles. The minimum atomic E-state index is -0.547. The van der Waals surface area contributed by atoms with Crippen molar-refractivity contribution in [3.05, 3.63) is 66.8 Å². The van der Waals surface area contributed by atoms with Crippen molar-refractivity contribution in [2.45, 2.75) is 25.3 Å². The number of methoxy groups -OCH3 is 1. The number of nitrogen functional groups attached to an aromatic ring is 1. The third kappa shape index (κ3) is 3.53. The molecule has 0 saturated heterocycles. The van der Waals surface area contributed by atoms with Gasteiger partial charge in [-0.25, -0.2) is 14.6 Å². The minimum Gasteiger partial charge on any atom is -0.494 e. The highest BCUT2D eigenvalue weighted by atomic mass is 19.1. The van der Waals surface area contributed by atoms with Gasteiger partial charge in [-0.2, -0.15) is 9.49 Å². The molecule has 32 heavy (non-hydrogen) atoms. The SMILES string of the molecule is COc1cccc(Oc2ccc(-c3nn(C4C=CCCC4)c4ncnc(N)c34)cc2)c1F. The number of hydrogen-bond acceptors (Lipinski definition) is 6. The van der Waals surface area contributed by atoms with Gasteiger partial charge in [-0.05, 0) is 55.7 Å². The largest absolute Gasteiger partial charge is 0.494 e. The second kappa shape index (κ2) is 8.30. The number of aromatic nitrogens is 4. The van der Waals surface area contributed by atoms with E-state index in [1.807, 2.05) is 16.8 Å². The molecule has 1 atom stereocenters. The summed E-state index contributed by atoms with van der Waals surface area (Å²) in [7, 11) is 1.42. The molecule has 8 heteroatoms. The summed E-state index contributed by atoms with van der Waals surface area (Å²) in [6.45, 7) is 0. The molecule has 0 spiro atoms. The van der Waals surface area contributed by atoms with Crippen LogP contribution in [0.5, 0.6) is 17.2 Å². The molecule has 0 saturated carbocycles. The molecule has 0 aliphatic heterocycles. The number of hydrogen-bond donors (Lipinski definition) is 1. The van der Waals surface area contributed by atoms with Crippen LogP contribution in [0, 0.1) is 5.82 Å². The van der Waals surface area contributed by atoms with E-state index >= 15 is 0 Å². The fraction of sp³-hybridized carbons (Fsp3) is 0.208. The van der Waals surface area contributed by atoms with Gasteiger partial charge in [0.2, 0.25) is 5.82 Å². The number of ether oxygens (including phenoxy) is 2. The maximum Gasteiger partial charge on any atom is 0.207 e. The Morgan fingerprint density at radius 2 is 1.91 bits per heavy atom. The summed E-state index contributed by atoms with van der Waals surface area (Å²) in [6, 6.07) is 12.2. The van der Waals surface area contributed by atoms with Crippen LogP contribution in [0.4, 0.5) is 10.2 Å². The molecule has 2 N–H and O–H groups in total. The number of fused-ring (bicyclic) bond motifs is 1. The van der Waals surface area contributed by atoms with E-state index in [9.17, 15) is 4.39 Å². The van der Waals surface area contributed by atoms with Crippen LogP contribution >= 0.6 is 0 Å². The Bertz CT molecular complexity index is 1300. The van der Waals surface area contributed by atoms with Gasteiger partial charge in [0.25, 0.3) is 0 Å². The van der Waals surface area contributed by atoms with Gasteiger partial charge in [-0.15, -0.1) is 0 Å². The predicted molar refractivity (Wildman–Crippen MR) is 120 cm³/mol. The van der Waals surface area contributed by atoms with E-state index < -0.39 is 5.82 Å². The minimum absolute atomic E-state index is 0.0913. The zero-order valence-electron chi connectivity index (χ0n) is 17.5. The Morgan fingerprint density at radius 3 is 2.66 bits per heavy atom. The van der Waals surface area contributed by atoms with E-state index in [-0.39, 0.29) is 17.5 Å². The second-order valence-corrected chi connectivity index (χ2v) is 7.58. The quantitative estimate of drug-likeness (QED) is 0.432. The van der Waals surface area contributed by atoms with E-state index in [4.69, 9.17) is 20.3 Å². The van der Waals surface area contributed by atoms with Crippen LogP contribution in [0.15, 0.2) is 60.9 Å². The summed E-state index contributed by atoms with van der Waals surface area (Å²) in [6.07, 6.45) is 8.98. The number of anilines is 1. The Balaban J connectivity index is 1.51. The van der Waals surface area contributed by atoms with E-state index in [1.54, 1.807) is 30.3 Å². The number of nitrogens with two attached hydrogens (primary N) is 1. The van der Waals surface area contributed by atoms with Crippen LogP contribution < -0.4 is 15.2 Å². The maximum atomic E-state index is 14.4. The van der Waals surface area contributed by atoms with Crippen LogP contribution in [-0.4, -0.2) is 26.9 Å². The fourth-order valence-corrected chi connectivity index (χ4v) is 3.96. The highest BCUT2D eigenvalue weighted by Crippen LogP contribution is 2.35. The Morgan fingerprint density at radius 1 is 1.09 bits per heavy atom. The molecule has 0 fully saturated rings. The molecule has 1 aliphatic rings. The molecule has 0 amide bonds. The summed E-state index contributed by atoms with van der Waals surface area (Å²) in [5.74, 6) is 0.546. The highest BCUT2D eigenvalue weighted by Gasteiger charge is 2.22. The standard InChI is InChI=1S/C24H22FN5O2/c1-31-18-8-5-9-19(21(18)25)32-17-12-10-15(11-13-17)22-20-23(26)27-14-28-24(20)30(29-22)16-6-3-2-4-7-16/h3,5-6,8-14,16H,2,4,7H2,1H3,(H2,26,27,28). The number of halogens is 1. The molecule has 2 aromatic carbocycles. The lowest BCUT2D eigenvalue weighted by molar-refractivity contribution is 0.368. The third-order valence-corrected chi connectivity index (χ3v) is 5.56. The van der Waals surface area contributed by atoms with Crippen LogP contribution in [0.2, 0.25) is 0 Å². The first kappa shape index (κ1) is 20.0. The number of allylic oxidation sites excluding steroid dienone is 2. The van der Waals surface area contributed by atoms with Crippen LogP contribution in [-0.2, 0) is 0 Å². The third-order valence-electron chi connectivity index (χ3n) is 5.56. The average molecular weight is 431 g/mol. The lowest BCUT2D eigenvalue weighted by Gasteiger charge is -2.17. The summed E-state index contributed by atoms with van der Waals surface area (Å²) in [5, 5.41) is 5.58. The Kier molecular flexibility index (Phi) is 5.18. The molecular formula is C24H22FN5O2. The Hall–Kier alpha value is -3.94. The van der Waals surface area contributed by atoms with Gasteiger partial charge in [-0.3, -0.25) is 0 Å². The maximum absolute atomic E-state index is 14.4. The van der Waals surface area contributed by atoms with Gasteiger partial charge in [0.15, 0.2) is 17.1 Å². The first-order valence-corrected chi connectivity index (χ1v) is 10.4. The average Bonchev–Trinajstić information content (AvgIpc) is 3.23. The smallest absolute Gasteiger partial charge is 0.207 e. The summed E-state index contributed by atoms with van der Waals surface area (Å²) in [5.41, 5.74) is 8.47. The summed E-state index contributed by atoms with van der Waals surface area (Å²) in [4.78, 5) is 8.63. The number of nitrogens with zero attached hydrogens (tertiary/aromatic N) is 4. The van der Waals surface area contributed by atoms with Gasteiger partial charge in [0.05, 0.1) is 18.5 Å². The van der Waals surface area contributed by atoms with Crippen molar-refractivity contribution < 1.29 is 13.9 Å². The molecule has 0 bridgehead atoms. The summed E-state index contributed by atoms with van der Waals surface area (Å²) >= 11 is 0. The highest BCUT2D eigenvalue weighted by molar-refractivity contribution is 5.98. The normalized spacial score (nSPS) is 15.8. The van der Waals surface area contributed by atoms with Crippen molar-refractivity contribution in [3.63, 3.8) is 0 Å². The van der Waals surface area contributed by atoms with Crippen LogP contribution in [0.1, 0.15) is 25.3 Å². The molecule has 7 nitrogen and oxygen atoms in total. The van der Waals surface area contributed by atoms with E-state index in [0.29, 0.717) is 22.9 Å². The molecule has 0 radical (unpaired) electrons. The van der Waals surface area contributed by atoms with Crippen molar-refractivity contribution in [3.8, 4) is 28.5 Å². The molecule has 4 aromatic rings. The number of benzene rings is 2. The van der Waals surface area contributed by atoms with Crippen LogP contribution in [0.3, 0.4) is 0 Å². The van der Waals surface area contributed by atoms with Crippen molar-refractivity contribution in [2.24, 2.45) is 0 Å². The van der Waals surface area contributed by atoms with Crippen LogP contribution in [0.25, 0.3) is 22.3 Å². The lowest BCUT2D eigenvalue weighted by Crippen LogP contribution is -2.11. The fourth-order valence-electron chi connectivity index (χ4n) is 3.96. The van der Waals surface area contributed by atoms with E-state index in [1.165, 1.54) is 13.4 Å². The molecule has 1 aliphatic carbocycles. The van der Waals surface area contributed by atoms with Crippen molar-refractivity contribution in [2.75, 3.05) is 12.8 Å². The molecule has 1 unspecified atom stereocenters. The van der Waals surface area contributed by atoms with Gasteiger partial charge in [0, 0.05) is 5.56 Å². The van der Waals surface area contributed by atoms with Crippen molar-refractivity contribution in [1.29, 1.82) is 0 Å². The Labute approximate surface area is 184 Å². The summed E-state index contributed by atoms with van der Waals surface area (Å²) < 4.78 is 27.1. The van der Waals surface area contributed by atoms with Gasteiger partial charge < -0.3 is 15.2 Å². The van der Waals surface area contributed by atoms with E-state index in [2.05, 4.69) is 22.1 Å². The van der Waals surface area contributed by atoms with Crippen molar-refractivity contribution >= 4 is 16.9 Å². The first-order valence-electron chi connectivity index (χ1n) is 10.4. The first-order chi connectivity index (χ1) is 15.7. The molecular weight excluding hydrogens is 409 g/mol. The van der Waals surface area contributed by atoms with Gasteiger partial charge in [0.1, 0.15) is 23.6 Å². The van der Waals surface area contributed by atoms with Gasteiger partial charge in [-0.1, -0.05) is 18.2 Å². The second-order valence-electron chi connectivity index (χ2n) is 7.58. The molecule has 2 aromatic heterocycles. The topological polar surface area (TPSA) is 88.1 Å².